The fourth-order valence-electron chi connectivity index (χ4n) is 3.36. The van der Waals surface area contributed by atoms with E-state index in [0.717, 1.165) is 25.3 Å². The molecular weight excluding hydrogens is 333 g/mol. The number of hydrogen-bond acceptors (Lipinski definition) is 4. The van der Waals surface area contributed by atoms with Crippen molar-refractivity contribution in [3.8, 4) is 0 Å². The summed E-state index contributed by atoms with van der Waals surface area (Å²) in [5.41, 5.74) is -0.151. The van der Waals surface area contributed by atoms with E-state index in [0.29, 0.717) is 18.0 Å². The maximum absolute atomic E-state index is 13.4. The van der Waals surface area contributed by atoms with Gasteiger partial charge in [-0.15, -0.1) is 0 Å². The molecule has 1 fully saturated rings. The Labute approximate surface area is 144 Å². The van der Waals surface area contributed by atoms with Gasteiger partial charge < -0.3 is 14.5 Å². The Morgan fingerprint density at radius 2 is 2.08 bits per heavy atom. The summed E-state index contributed by atoms with van der Waals surface area (Å²) in [6.45, 7) is 4.02. The third-order valence-corrected chi connectivity index (χ3v) is 4.69. The summed E-state index contributed by atoms with van der Waals surface area (Å²) in [4.78, 5) is 4.24. The van der Waals surface area contributed by atoms with Gasteiger partial charge >= 0.3 is 6.18 Å². The number of halogens is 3. The zero-order valence-electron chi connectivity index (χ0n) is 14.6. The van der Waals surface area contributed by atoms with Gasteiger partial charge in [0.25, 0.3) is 0 Å². The molecule has 1 aliphatic rings. The van der Waals surface area contributed by atoms with Crippen molar-refractivity contribution in [3.63, 3.8) is 0 Å². The SMILES string of the molecule is CO[C@H]1CCC[C@@H]1NCc1cc(C(F)(F)F)c2oc(C(C)C)nc2c1. The predicted molar refractivity (Wildman–Crippen MR) is 88.4 cm³/mol. The van der Waals surface area contributed by atoms with Crippen molar-refractivity contribution in [3.05, 3.63) is 29.2 Å². The molecule has 0 saturated heterocycles. The second kappa shape index (κ2) is 6.96. The molecule has 0 spiro atoms. The average Bonchev–Trinajstić information content (AvgIpc) is 3.17. The van der Waals surface area contributed by atoms with Crippen LogP contribution in [0.5, 0.6) is 0 Å². The molecule has 2 aromatic rings. The molecule has 0 unspecified atom stereocenters. The Hall–Kier alpha value is -1.60. The second-order valence-corrected chi connectivity index (χ2v) is 6.89. The first-order valence-corrected chi connectivity index (χ1v) is 8.56. The highest BCUT2D eigenvalue weighted by Gasteiger charge is 2.36. The summed E-state index contributed by atoms with van der Waals surface area (Å²) in [6, 6.07) is 2.99. The van der Waals surface area contributed by atoms with Crippen LogP contribution in [0.1, 0.15) is 56.0 Å². The fraction of sp³-hybridized carbons (Fsp3) is 0.611. The van der Waals surface area contributed by atoms with Crippen LogP contribution < -0.4 is 5.32 Å². The van der Waals surface area contributed by atoms with Crippen molar-refractivity contribution in [2.24, 2.45) is 0 Å². The van der Waals surface area contributed by atoms with Crippen LogP contribution >= 0.6 is 0 Å². The molecule has 138 valence electrons. The van der Waals surface area contributed by atoms with Gasteiger partial charge in [-0.25, -0.2) is 4.98 Å². The lowest BCUT2D eigenvalue weighted by molar-refractivity contribution is -0.136. The number of ether oxygens (including phenoxy) is 1. The van der Waals surface area contributed by atoms with Crippen molar-refractivity contribution in [2.75, 3.05) is 7.11 Å². The Balaban J connectivity index is 1.90. The molecule has 0 radical (unpaired) electrons. The first kappa shape index (κ1) is 18.2. The first-order valence-electron chi connectivity index (χ1n) is 8.56. The lowest BCUT2D eigenvalue weighted by Crippen LogP contribution is -2.36. The van der Waals surface area contributed by atoms with Gasteiger partial charge in [0.2, 0.25) is 0 Å². The van der Waals surface area contributed by atoms with Gasteiger partial charge in [-0.3, -0.25) is 0 Å². The molecule has 25 heavy (non-hydrogen) atoms. The van der Waals surface area contributed by atoms with E-state index < -0.39 is 11.7 Å². The van der Waals surface area contributed by atoms with Gasteiger partial charge in [0, 0.05) is 25.6 Å². The molecule has 1 saturated carbocycles. The molecule has 1 N–H and O–H groups in total. The highest BCUT2D eigenvalue weighted by Crippen LogP contribution is 2.37. The zero-order valence-corrected chi connectivity index (χ0v) is 14.6. The monoisotopic (exact) mass is 356 g/mol. The minimum absolute atomic E-state index is 0.0731. The molecule has 1 heterocycles. The number of hydrogen-bond donors (Lipinski definition) is 1. The molecule has 3 rings (SSSR count). The molecule has 1 aromatic carbocycles. The van der Waals surface area contributed by atoms with Crippen molar-refractivity contribution in [1.29, 1.82) is 0 Å². The summed E-state index contributed by atoms with van der Waals surface area (Å²) in [7, 11) is 1.67. The van der Waals surface area contributed by atoms with Gasteiger partial charge in [-0.2, -0.15) is 13.2 Å². The van der Waals surface area contributed by atoms with Crippen LogP contribution in [0.4, 0.5) is 13.2 Å². The maximum atomic E-state index is 13.4. The number of aromatic nitrogens is 1. The van der Waals surface area contributed by atoms with E-state index in [1.807, 2.05) is 13.8 Å². The van der Waals surface area contributed by atoms with Gasteiger partial charge in [-0.1, -0.05) is 13.8 Å². The van der Waals surface area contributed by atoms with Crippen LogP contribution in [0.2, 0.25) is 0 Å². The summed E-state index contributed by atoms with van der Waals surface area (Å²) >= 11 is 0. The number of benzene rings is 1. The highest BCUT2D eigenvalue weighted by molar-refractivity contribution is 5.78. The van der Waals surface area contributed by atoms with Crippen molar-refractivity contribution in [2.45, 2.75) is 63.9 Å². The highest BCUT2D eigenvalue weighted by atomic mass is 19.4. The van der Waals surface area contributed by atoms with E-state index in [-0.39, 0.29) is 29.2 Å². The van der Waals surface area contributed by atoms with E-state index in [1.54, 1.807) is 13.2 Å². The largest absolute Gasteiger partial charge is 0.440 e. The Bertz CT molecular complexity index is 740. The number of nitrogens with one attached hydrogen (secondary N) is 1. The van der Waals surface area contributed by atoms with Crippen LogP contribution in [0.15, 0.2) is 16.5 Å². The molecule has 2 atom stereocenters. The van der Waals surface area contributed by atoms with Crippen molar-refractivity contribution in [1.82, 2.24) is 10.3 Å². The third-order valence-electron chi connectivity index (χ3n) is 4.69. The van der Waals surface area contributed by atoms with Gasteiger partial charge in [-0.05, 0) is 37.0 Å². The van der Waals surface area contributed by atoms with Gasteiger partial charge in [0.1, 0.15) is 11.1 Å². The quantitative estimate of drug-likeness (QED) is 0.849. The molecule has 1 aliphatic carbocycles. The van der Waals surface area contributed by atoms with E-state index in [4.69, 9.17) is 9.15 Å². The summed E-state index contributed by atoms with van der Waals surface area (Å²) in [5.74, 6) is 0.247. The van der Waals surface area contributed by atoms with E-state index in [1.165, 1.54) is 0 Å². The molecular formula is C18H23F3N2O2. The summed E-state index contributed by atoms with van der Waals surface area (Å²) in [5, 5.41) is 3.32. The smallest absolute Gasteiger partial charge is 0.420 e. The van der Waals surface area contributed by atoms with Gasteiger partial charge in [0.05, 0.1) is 6.10 Å². The number of alkyl halides is 3. The molecule has 4 nitrogen and oxygen atoms in total. The lowest BCUT2D eigenvalue weighted by atomic mass is 10.1. The minimum Gasteiger partial charge on any atom is -0.440 e. The van der Waals surface area contributed by atoms with E-state index >= 15 is 0 Å². The molecule has 0 aliphatic heterocycles. The molecule has 0 bridgehead atoms. The zero-order chi connectivity index (χ0) is 18.2. The first-order chi connectivity index (χ1) is 11.8. The summed E-state index contributed by atoms with van der Waals surface area (Å²) in [6.07, 6.45) is -1.37. The van der Waals surface area contributed by atoms with E-state index in [2.05, 4.69) is 10.3 Å². The third kappa shape index (κ3) is 3.82. The second-order valence-electron chi connectivity index (χ2n) is 6.89. The fourth-order valence-corrected chi connectivity index (χ4v) is 3.36. The van der Waals surface area contributed by atoms with E-state index in [9.17, 15) is 13.2 Å². The Morgan fingerprint density at radius 1 is 1.32 bits per heavy atom. The topological polar surface area (TPSA) is 47.3 Å². The normalized spacial score (nSPS) is 21.6. The number of rotatable bonds is 5. The van der Waals surface area contributed by atoms with Crippen LogP contribution in [0, 0.1) is 0 Å². The van der Waals surface area contributed by atoms with Crippen LogP contribution in [-0.2, 0) is 17.5 Å². The molecule has 0 amide bonds. The lowest BCUT2D eigenvalue weighted by Gasteiger charge is -2.20. The molecule has 7 heteroatoms. The van der Waals surface area contributed by atoms with Crippen LogP contribution in [-0.4, -0.2) is 24.2 Å². The number of nitrogens with zero attached hydrogens (tertiary/aromatic N) is 1. The average molecular weight is 356 g/mol. The van der Waals surface area contributed by atoms with Crippen molar-refractivity contribution >= 4 is 11.1 Å². The van der Waals surface area contributed by atoms with Crippen LogP contribution in [0.25, 0.3) is 11.1 Å². The number of oxazole rings is 1. The van der Waals surface area contributed by atoms with Crippen molar-refractivity contribution < 1.29 is 22.3 Å². The summed E-state index contributed by atoms with van der Waals surface area (Å²) < 4.78 is 51.1. The number of methoxy groups -OCH3 is 1. The van der Waals surface area contributed by atoms with Crippen LogP contribution in [0.3, 0.4) is 0 Å². The maximum Gasteiger partial charge on any atom is 0.420 e. The minimum atomic E-state index is -4.48. The Morgan fingerprint density at radius 3 is 2.72 bits per heavy atom. The number of fused-ring (bicyclic) bond motifs is 1. The van der Waals surface area contributed by atoms with Gasteiger partial charge in [0.15, 0.2) is 11.5 Å². The Kier molecular flexibility index (Phi) is 5.06. The molecule has 1 aromatic heterocycles. The standard InChI is InChI=1S/C18H23F3N2O2/c1-10(2)17-23-14-8-11(7-12(16(14)25-17)18(19,20)21)9-22-13-5-4-6-15(13)24-3/h7-8,10,13,15,22H,4-6,9H2,1-3H3/t13-,15-/m0/s1. The predicted octanol–water partition coefficient (Wildman–Crippen LogP) is 4.63.